The molecule has 26 heavy (non-hydrogen) atoms. The minimum atomic E-state index is -1.27. The molecule has 1 aliphatic heterocycles. The van der Waals surface area contributed by atoms with Crippen molar-refractivity contribution in [2.24, 2.45) is 4.99 Å². The Labute approximate surface area is 150 Å². The third kappa shape index (κ3) is 3.28. The van der Waals surface area contributed by atoms with Crippen LogP contribution in [0.25, 0.3) is 0 Å². The number of carbonyl (C=O) groups is 1. The first-order valence-electron chi connectivity index (χ1n) is 7.33. The highest BCUT2D eigenvalue weighted by Crippen LogP contribution is 2.35. The Morgan fingerprint density at radius 1 is 1.23 bits per heavy atom. The Hall–Kier alpha value is -2.87. The smallest absolute Gasteiger partial charge is 0.335 e. The Morgan fingerprint density at radius 2 is 1.96 bits per heavy atom. The number of nitrogens with zero attached hydrogens (tertiary/aromatic N) is 2. The summed E-state index contributed by atoms with van der Waals surface area (Å²) in [6, 6.07) is 2.96. The third-order valence-corrected chi connectivity index (χ3v) is 4.09. The maximum absolute atomic E-state index is 14.0. The lowest BCUT2D eigenvalue weighted by atomic mass is 9.95. The van der Waals surface area contributed by atoms with Crippen LogP contribution in [0.1, 0.15) is 24.2 Å². The van der Waals surface area contributed by atoms with Gasteiger partial charge in [-0.25, -0.2) is 22.9 Å². The molecular weight excluding hydrogens is 371 g/mol. The topological polar surface area (TPSA) is 74.6 Å². The first kappa shape index (κ1) is 17.9. The summed E-state index contributed by atoms with van der Waals surface area (Å²) < 4.78 is 40.5. The van der Waals surface area contributed by atoms with Crippen LogP contribution in [-0.2, 0) is 4.79 Å². The van der Waals surface area contributed by atoms with Gasteiger partial charge in [0.25, 0.3) is 0 Å². The van der Waals surface area contributed by atoms with Crippen LogP contribution < -0.4 is 5.32 Å². The number of halogens is 4. The minimum absolute atomic E-state index is 0.0286. The zero-order valence-electron chi connectivity index (χ0n) is 13.2. The molecule has 0 bridgehead atoms. The SMILES string of the molecule is CC1=C(C(=O)O)C(c2ccc(F)cc2Cl)N=C(c2ncc(F)cc2F)N1. The molecular formula is C17H11ClF3N3O2. The largest absolute Gasteiger partial charge is 0.478 e. The normalized spacial score (nSPS) is 17.0. The van der Waals surface area contributed by atoms with E-state index < -0.39 is 29.5 Å². The number of aliphatic imine (C=N–C) groups is 1. The highest BCUT2D eigenvalue weighted by molar-refractivity contribution is 6.31. The van der Waals surface area contributed by atoms with Crippen LogP contribution >= 0.6 is 11.6 Å². The standard InChI is InChI=1S/C17H11ClF3N3O2/c1-7-13(17(25)26)14(10-3-2-8(19)4-11(10)18)24-16(23-7)15-12(21)5-9(20)6-22-15/h2-6,14H,1H3,(H,23,24)(H,25,26). The maximum atomic E-state index is 14.0. The minimum Gasteiger partial charge on any atom is -0.478 e. The monoisotopic (exact) mass is 381 g/mol. The van der Waals surface area contributed by atoms with Crippen LogP contribution in [0.3, 0.4) is 0 Å². The van der Waals surface area contributed by atoms with Gasteiger partial charge in [-0.3, -0.25) is 4.99 Å². The molecule has 3 rings (SSSR count). The zero-order valence-corrected chi connectivity index (χ0v) is 14.0. The van der Waals surface area contributed by atoms with Crippen molar-refractivity contribution in [3.8, 4) is 0 Å². The van der Waals surface area contributed by atoms with Gasteiger partial charge in [0.1, 0.15) is 23.4 Å². The molecule has 0 amide bonds. The van der Waals surface area contributed by atoms with Crippen LogP contribution in [0.2, 0.25) is 5.02 Å². The number of benzene rings is 1. The number of allylic oxidation sites excluding steroid dienone is 1. The second kappa shape index (κ2) is 6.80. The van der Waals surface area contributed by atoms with Gasteiger partial charge < -0.3 is 10.4 Å². The van der Waals surface area contributed by atoms with Gasteiger partial charge in [-0.15, -0.1) is 0 Å². The summed E-state index contributed by atoms with van der Waals surface area (Å²) in [6.45, 7) is 1.46. The fourth-order valence-electron chi connectivity index (χ4n) is 2.61. The predicted molar refractivity (Wildman–Crippen MR) is 88.3 cm³/mol. The molecule has 134 valence electrons. The van der Waals surface area contributed by atoms with Gasteiger partial charge in [-0.05, 0) is 19.1 Å². The molecule has 0 saturated carbocycles. The number of pyridine rings is 1. The number of amidine groups is 1. The Kier molecular flexibility index (Phi) is 4.69. The number of hydrogen-bond acceptors (Lipinski definition) is 4. The molecule has 1 atom stereocenters. The van der Waals surface area contributed by atoms with E-state index in [0.29, 0.717) is 6.07 Å². The van der Waals surface area contributed by atoms with E-state index in [0.717, 1.165) is 18.3 Å². The van der Waals surface area contributed by atoms with E-state index in [4.69, 9.17) is 11.6 Å². The van der Waals surface area contributed by atoms with Crippen LogP contribution in [-0.4, -0.2) is 21.9 Å². The fourth-order valence-corrected chi connectivity index (χ4v) is 2.88. The highest BCUT2D eigenvalue weighted by Gasteiger charge is 2.32. The summed E-state index contributed by atoms with van der Waals surface area (Å²) in [5, 5.41) is 12.1. The van der Waals surface area contributed by atoms with E-state index in [-0.39, 0.29) is 33.4 Å². The number of carboxylic acids is 1. The van der Waals surface area contributed by atoms with Gasteiger partial charge >= 0.3 is 5.97 Å². The van der Waals surface area contributed by atoms with Crippen molar-refractivity contribution in [3.05, 3.63) is 75.5 Å². The average molecular weight is 382 g/mol. The van der Waals surface area contributed by atoms with Crippen LogP contribution in [0.15, 0.2) is 46.7 Å². The van der Waals surface area contributed by atoms with Gasteiger partial charge in [-0.1, -0.05) is 17.7 Å². The number of aromatic nitrogens is 1. The van der Waals surface area contributed by atoms with Crippen molar-refractivity contribution in [2.75, 3.05) is 0 Å². The molecule has 2 aromatic rings. The van der Waals surface area contributed by atoms with E-state index in [2.05, 4.69) is 15.3 Å². The Balaban J connectivity index is 2.17. The molecule has 1 aromatic heterocycles. The van der Waals surface area contributed by atoms with Gasteiger partial charge in [0.15, 0.2) is 11.7 Å². The molecule has 1 aromatic carbocycles. The first-order valence-corrected chi connectivity index (χ1v) is 7.71. The summed E-state index contributed by atoms with van der Waals surface area (Å²) in [6.07, 6.45) is 0.814. The highest BCUT2D eigenvalue weighted by atomic mass is 35.5. The van der Waals surface area contributed by atoms with Gasteiger partial charge in [0, 0.05) is 22.3 Å². The summed E-state index contributed by atoms with van der Waals surface area (Å²) in [5.74, 6) is -3.78. The second-order valence-electron chi connectivity index (χ2n) is 5.50. The number of rotatable bonds is 3. The predicted octanol–water partition coefficient (Wildman–Crippen LogP) is 3.60. The molecule has 2 heterocycles. The first-order chi connectivity index (χ1) is 12.3. The van der Waals surface area contributed by atoms with E-state index in [1.165, 1.54) is 13.0 Å². The molecule has 1 unspecified atom stereocenters. The van der Waals surface area contributed by atoms with Crippen molar-refractivity contribution in [3.63, 3.8) is 0 Å². The van der Waals surface area contributed by atoms with Gasteiger partial charge in [0.2, 0.25) is 0 Å². The van der Waals surface area contributed by atoms with E-state index in [1.807, 2.05) is 0 Å². The molecule has 5 nitrogen and oxygen atoms in total. The maximum Gasteiger partial charge on any atom is 0.335 e. The van der Waals surface area contributed by atoms with E-state index in [9.17, 15) is 23.1 Å². The van der Waals surface area contributed by atoms with Crippen LogP contribution in [0, 0.1) is 17.5 Å². The van der Waals surface area contributed by atoms with E-state index in [1.54, 1.807) is 0 Å². The van der Waals surface area contributed by atoms with Crippen LogP contribution in [0.4, 0.5) is 13.2 Å². The fraction of sp³-hybridized carbons (Fsp3) is 0.118. The summed E-state index contributed by atoms with van der Waals surface area (Å²) in [7, 11) is 0. The van der Waals surface area contributed by atoms with Crippen molar-refractivity contribution in [1.82, 2.24) is 10.3 Å². The Morgan fingerprint density at radius 3 is 2.58 bits per heavy atom. The molecule has 1 aliphatic rings. The number of hydrogen-bond donors (Lipinski definition) is 2. The second-order valence-corrected chi connectivity index (χ2v) is 5.91. The molecule has 0 radical (unpaired) electrons. The molecule has 0 saturated heterocycles. The van der Waals surface area contributed by atoms with Gasteiger partial charge in [-0.2, -0.15) is 0 Å². The lowest BCUT2D eigenvalue weighted by Crippen LogP contribution is -2.33. The Bertz CT molecular complexity index is 976. The average Bonchev–Trinajstić information content (AvgIpc) is 2.53. The van der Waals surface area contributed by atoms with Crippen molar-refractivity contribution in [2.45, 2.75) is 13.0 Å². The van der Waals surface area contributed by atoms with E-state index >= 15 is 0 Å². The lowest BCUT2D eigenvalue weighted by Gasteiger charge is -2.25. The van der Waals surface area contributed by atoms with Crippen molar-refractivity contribution in [1.29, 1.82) is 0 Å². The number of aliphatic carboxylic acids is 1. The molecule has 2 N–H and O–H groups in total. The lowest BCUT2D eigenvalue weighted by molar-refractivity contribution is -0.133. The third-order valence-electron chi connectivity index (χ3n) is 3.76. The van der Waals surface area contributed by atoms with Crippen LogP contribution in [0.5, 0.6) is 0 Å². The summed E-state index contributed by atoms with van der Waals surface area (Å²) in [5.41, 5.74) is -0.00652. The van der Waals surface area contributed by atoms with Crippen molar-refractivity contribution >= 4 is 23.4 Å². The zero-order chi connectivity index (χ0) is 19.0. The molecule has 0 aliphatic carbocycles. The molecule has 0 spiro atoms. The van der Waals surface area contributed by atoms with Gasteiger partial charge in [0.05, 0.1) is 11.8 Å². The number of carboxylic acid groups (broad SMARTS) is 1. The molecule has 0 fully saturated rings. The van der Waals surface area contributed by atoms with Crippen molar-refractivity contribution < 1.29 is 23.1 Å². The summed E-state index contributed by atoms with van der Waals surface area (Å²) in [4.78, 5) is 19.5. The number of nitrogens with one attached hydrogen (secondary N) is 1. The summed E-state index contributed by atoms with van der Waals surface area (Å²) >= 11 is 6.04. The quantitative estimate of drug-likeness (QED) is 0.852. The molecule has 9 heteroatoms.